The summed E-state index contributed by atoms with van der Waals surface area (Å²) in [6.07, 6.45) is 2.97. The number of anilines is 2. The van der Waals surface area contributed by atoms with Gasteiger partial charge in [0.1, 0.15) is 16.8 Å². The van der Waals surface area contributed by atoms with Gasteiger partial charge < -0.3 is 16.0 Å². The van der Waals surface area contributed by atoms with E-state index in [-0.39, 0.29) is 17.5 Å². The first kappa shape index (κ1) is 34.9. The molecule has 11 heteroatoms. The van der Waals surface area contributed by atoms with Crippen molar-refractivity contribution < 1.29 is 14.4 Å². The van der Waals surface area contributed by atoms with Gasteiger partial charge in [-0.05, 0) is 71.8 Å². The number of carbonyl (C=O) groups excluding carboxylic acids is 3. The van der Waals surface area contributed by atoms with Crippen LogP contribution in [0, 0.1) is 11.3 Å². The number of carbonyl (C=O) groups is 3. The number of hydrogen-bond donors (Lipinski definition) is 3. The van der Waals surface area contributed by atoms with E-state index in [1.54, 1.807) is 36.4 Å². The SMILES string of the molecule is CCC(Sc1cccc(NC(=O)/C(=C/c2cccs2)NC(=O)c2ccccc2)c1)C(=O)Nc1sc2c(c1C#N)CCN(Cc1ccccc1)C2. The fraction of sp³-hybridized carbons (Fsp3) is 0.179. The zero-order valence-electron chi connectivity index (χ0n) is 27.3. The first-order chi connectivity index (χ1) is 24.4. The lowest BCUT2D eigenvalue weighted by Crippen LogP contribution is -2.30. The number of hydrogen-bond acceptors (Lipinski definition) is 8. The van der Waals surface area contributed by atoms with Crippen molar-refractivity contribution in [3.63, 3.8) is 0 Å². The smallest absolute Gasteiger partial charge is 0.272 e. The maximum absolute atomic E-state index is 13.6. The molecule has 50 heavy (non-hydrogen) atoms. The van der Waals surface area contributed by atoms with Gasteiger partial charge in [-0.1, -0.05) is 67.6 Å². The number of benzene rings is 3. The van der Waals surface area contributed by atoms with Crippen LogP contribution in [0.5, 0.6) is 0 Å². The number of rotatable bonds is 12. The second-order valence-electron chi connectivity index (χ2n) is 11.6. The molecule has 1 atom stereocenters. The van der Waals surface area contributed by atoms with Crippen molar-refractivity contribution in [2.75, 3.05) is 17.2 Å². The van der Waals surface area contributed by atoms with E-state index in [0.717, 1.165) is 46.3 Å². The third-order valence-corrected chi connectivity index (χ3v) is 11.4. The predicted molar refractivity (Wildman–Crippen MR) is 203 cm³/mol. The minimum Gasteiger partial charge on any atom is -0.321 e. The maximum atomic E-state index is 13.6. The zero-order valence-corrected chi connectivity index (χ0v) is 29.8. The summed E-state index contributed by atoms with van der Waals surface area (Å²) in [5.41, 5.74) is 3.92. The number of nitrogens with one attached hydrogen (secondary N) is 3. The molecule has 0 saturated carbocycles. The highest BCUT2D eigenvalue weighted by molar-refractivity contribution is 8.00. The lowest BCUT2D eigenvalue weighted by molar-refractivity contribution is -0.116. The topological polar surface area (TPSA) is 114 Å². The fourth-order valence-electron chi connectivity index (χ4n) is 5.62. The van der Waals surface area contributed by atoms with Gasteiger partial charge in [-0.15, -0.1) is 34.4 Å². The molecule has 1 aliphatic rings. The molecule has 0 radical (unpaired) electrons. The summed E-state index contributed by atoms with van der Waals surface area (Å²) in [4.78, 5) is 45.1. The molecular weight excluding hydrogens is 683 g/mol. The molecule has 0 fully saturated rings. The Kier molecular flexibility index (Phi) is 11.6. The molecule has 8 nitrogen and oxygen atoms in total. The maximum Gasteiger partial charge on any atom is 0.272 e. The van der Waals surface area contributed by atoms with Crippen molar-refractivity contribution in [2.24, 2.45) is 0 Å². The quantitative estimate of drug-likeness (QED) is 0.0887. The summed E-state index contributed by atoms with van der Waals surface area (Å²) in [6.45, 7) is 4.38. The highest BCUT2D eigenvalue weighted by atomic mass is 32.2. The van der Waals surface area contributed by atoms with E-state index in [1.807, 2.05) is 66.9 Å². The second-order valence-corrected chi connectivity index (χ2v) is 15.0. The van der Waals surface area contributed by atoms with Crippen LogP contribution in [0.25, 0.3) is 6.08 Å². The van der Waals surface area contributed by atoms with Crippen LogP contribution in [0.15, 0.2) is 113 Å². The Morgan fingerprint density at radius 1 is 0.980 bits per heavy atom. The van der Waals surface area contributed by atoms with Gasteiger partial charge in [0.05, 0.1) is 10.8 Å². The van der Waals surface area contributed by atoms with Crippen LogP contribution in [0.4, 0.5) is 10.7 Å². The van der Waals surface area contributed by atoms with Crippen LogP contribution in [0.3, 0.4) is 0 Å². The standard InChI is InChI=1S/C39H35N5O3S3/c1-2-34(38(47)43-39-32(23-40)31-18-19-44(25-35(31)50-39)24-26-11-5-3-6-12-26)49-30-16-9-15-28(21-30)41-37(46)33(22-29-17-10-20-48-29)42-36(45)27-13-7-4-8-14-27/h3-17,20-22,34H,2,18-19,24-25H2,1H3,(H,41,46)(H,42,45)(H,43,47)/b33-22-. The van der Waals surface area contributed by atoms with Crippen molar-refractivity contribution in [3.05, 3.63) is 140 Å². The normalized spacial score (nSPS) is 13.5. The Labute approximate surface area is 303 Å². The molecule has 1 aliphatic heterocycles. The highest BCUT2D eigenvalue weighted by Gasteiger charge is 2.27. The van der Waals surface area contributed by atoms with Gasteiger partial charge in [0.25, 0.3) is 11.8 Å². The summed E-state index contributed by atoms with van der Waals surface area (Å²) in [5.74, 6) is -1.03. The van der Waals surface area contributed by atoms with E-state index in [9.17, 15) is 19.6 Å². The molecule has 0 aliphatic carbocycles. The Balaban J connectivity index is 1.11. The van der Waals surface area contributed by atoms with E-state index in [4.69, 9.17) is 0 Å². The first-order valence-corrected chi connectivity index (χ1v) is 18.8. The number of nitriles is 1. The lowest BCUT2D eigenvalue weighted by Gasteiger charge is -2.26. The monoisotopic (exact) mass is 717 g/mol. The first-order valence-electron chi connectivity index (χ1n) is 16.2. The number of fused-ring (bicyclic) bond motifs is 1. The van der Waals surface area contributed by atoms with Gasteiger partial charge in [-0.2, -0.15) is 5.26 Å². The van der Waals surface area contributed by atoms with Gasteiger partial charge in [0.15, 0.2) is 0 Å². The average molecular weight is 718 g/mol. The van der Waals surface area contributed by atoms with E-state index in [2.05, 4.69) is 39.1 Å². The lowest BCUT2D eigenvalue weighted by atomic mass is 10.0. The van der Waals surface area contributed by atoms with Crippen molar-refractivity contribution in [1.82, 2.24) is 10.2 Å². The zero-order chi connectivity index (χ0) is 34.9. The van der Waals surface area contributed by atoms with Crippen LogP contribution in [0.2, 0.25) is 0 Å². The molecule has 252 valence electrons. The van der Waals surface area contributed by atoms with Gasteiger partial charge >= 0.3 is 0 Å². The summed E-state index contributed by atoms with van der Waals surface area (Å²) in [5, 5.41) is 20.9. The van der Waals surface area contributed by atoms with Crippen LogP contribution in [0.1, 0.15) is 50.1 Å². The van der Waals surface area contributed by atoms with E-state index in [1.165, 1.54) is 40.0 Å². The Bertz CT molecular complexity index is 2040. The molecule has 0 spiro atoms. The third kappa shape index (κ3) is 8.77. The molecule has 5 aromatic rings. The van der Waals surface area contributed by atoms with E-state index in [0.29, 0.717) is 28.2 Å². The summed E-state index contributed by atoms with van der Waals surface area (Å²) < 4.78 is 0. The van der Waals surface area contributed by atoms with E-state index < -0.39 is 11.2 Å². The number of amides is 3. The molecule has 3 heterocycles. The summed E-state index contributed by atoms with van der Waals surface area (Å²) in [6, 6.07) is 32.4. The van der Waals surface area contributed by atoms with Gasteiger partial charge in [0.2, 0.25) is 5.91 Å². The van der Waals surface area contributed by atoms with Gasteiger partial charge in [-0.25, -0.2) is 0 Å². The Morgan fingerprint density at radius 2 is 1.76 bits per heavy atom. The average Bonchev–Trinajstić information content (AvgIpc) is 3.78. The number of thioether (sulfide) groups is 1. The van der Waals surface area contributed by atoms with Crippen LogP contribution >= 0.6 is 34.4 Å². The molecule has 1 unspecified atom stereocenters. The summed E-state index contributed by atoms with van der Waals surface area (Å²) in [7, 11) is 0. The van der Waals surface area contributed by atoms with Crippen molar-refractivity contribution in [3.8, 4) is 6.07 Å². The van der Waals surface area contributed by atoms with Crippen molar-refractivity contribution >= 4 is 68.9 Å². The molecule has 3 N–H and O–H groups in total. The highest BCUT2D eigenvalue weighted by Crippen LogP contribution is 2.38. The van der Waals surface area contributed by atoms with E-state index >= 15 is 0 Å². The van der Waals surface area contributed by atoms with Crippen LogP contribution in [-0.4, -0.2) is 34.4 Å². The van der Waals surface area contributed by atoms with Gasteiger partial charge in [-0.3, -0.25) is 19.3 Å². The third-order valence-electron chi connectivity index (χ3n) is 8.13. The molecular formula is C39H35N5O3S3. The molecule has 6 rings (SSSR count). The van der Waals surface area contributed by atoms with Gasteiger partial charge in [0, 0.05) is 45.5 Å². The molecule has 0 saturated heterocycles. The molecule has 3 aromatic carbocycles. The van der Waals surface area contributed by atoms with Crippen molar-refractivity contribution in [2.45, 2.75) is 43.0 Å². The molecule has 3 amide bonds. The molecule has 0 bridgehead atoms. The predicted octanol–water partition coefficient (Wildman–Crippen LogP) is 8.16. The number of thiophene rings is 2. The van der Waals surface area contributed by atoms with Crippen LogP contribution < -0.4 is 16.0 Å². The Morgan fingerprint density at radius 3 is 2.48 bits per heavy atom. The largest absolute Gasteiger partial charge is 0.321 e. The molecule has 2 aromatic heterocycles. The minimum absolute atomic E-state index is 0.111. The Hall–Kier alpha value is -4.99. The minimum atomic E-state index is -0.470. The van der Waals surface area contributed by atoms with Crippen LogP contribution in [-0.2, 0) is 29.1 Å². The summed E-state index contributed by atoms with van der Waals surface area (Å²) >= 11 is 4.34. The number of nitrogens with zero attached hydrogens (tertiary/aromatic N) is 2. The fourth-order valence-corrected chi connectivity index (χ4v) is 8.54. The van der Waals surface area contributed by atoms with Crippen molar-refractivity contribution in [1.29, 1.82) is 5.26 Å². The second kappa shape index (κ2) is 16.6.